The summed E-state index contributed by atoms with van der Waals surface area (Å²) in [7, 11) is -17.1. The third-order valence-corrected chi connectivity index (χ3v) is 7.79. The summed E-state index contributed by atoms with van der Waals surface area (Å²) in [5.41, 5.74) is 2.80. The fourth-order valence-electron chi connectivity index (χ4n) is 2.41. The molecule has 178 valence electrons. The number of nitrogens with two attached hydrogens (primary N) is 1. The number of aliphatic hydroxyl groups excluding tert-OH is 1. The number of anilines is 1. The van der Waals surface area contributed by atoms with Crippen molar-refractivity contribution in [2.75, 3.05) is 19.0 Å². The third kappa shape index (κ3) is 6.65. The Hall–Kier alpha value is -0.710. The number of alkyl halides is 2. The molecule has 1 aliphatic rings. The number of phosphoric acid groups is 3. The van der Waals surface area contributed by atoms with Crippen LogP contribution in [0.1, 0.15) is 6.23 Å². The van der Waals surface area contributed by atoms with E-state index in [1.54, 1.807) is 0 Å². The molecule has 0 aromatic carbocycles. The van der Waals surface area contributed by atoms with Gasteiger partial charge in [0, 0.05) is 6.20 Å². The molecule has 6 atom stereocenters. The second kappa shape index (κ2) is 9.27. The van der Waals surface area contributed by atoms with E-state index in [1.165, 1.54) is 6.07 Å². The lowest BCUT2D eigenvalue weighted by molar-refractivity contribution is -0.135. The second-order valence-electron chi connectivity index (χ2n) is 6.00. The molecule has 0 spiro atoms. The molecule has 1 aromatic heterocycles. The van der Waals surface area contributed by atoms with Crippen molar-refractivity contribution in [2.24, 2.45) is 0 Å². The highest BCUT2D eigenvalue weighted by Crippen LogP contribution is 2.66. The molecule has 15 nitrogen and oxygen atoms in total. The molecule has 31 heavy (non-hydrogen) atoms. The number of nitrogen functional groups attached to an aromatic ring is 1. The van der Waals surface area contributed by atoms with Gasteiger partial charge in [0.2, 0.25) is 4.77 Å². The van der Waals surface area contributed by atoms with Gasteiger partial charge in [-0.05, 0) is 18.3 Å². The third-order valence-electron chi connectivity index (χ3n) is 3.71. The maximum atomic E-state index is 14.6. The standard InChI is InChI=1S/C10H16F2N3O12P3S/c11-3-10(4-24-29(20,21)27-30(22,23)26-28(17,18)19)7(16)6(12)8(25-10)15-2-1-5(13)14-9(15)31/h1-2,6-8,16H,3-4H2,(H,20,21)(H,22,23)(H2,13,14,31)(H2,17,18,19)/t6-,7?,8+,10+/m0/s1. The van der Waals surface area contributed by atoms with E-state index in [0.717, 1.165) is 10.8 Å². The number of aliphatic hydroxyl groups is 1. The number of nitrogens with zero attached hydrogens (tertiary/aromatic N) is 2. The molecule has 0 radical (unpaired) electrons. The van der Waals surface area contributed by atoms with Crippen LogP contribution in [-0.4, -0.2) is 65.4 Å². The topological polar surface area (TPSA) is 233 Å². The summed E-state index contributed by atoms with van der Waals surface area (Å²) in [6, 6.07) is 1.19. The predicted molar refractivity (Wildman–Crippen MR) is 97.0 cm³/mol. The molecule has 1 saturated heterocycles. The molecule has 1 fully saturated rings. The highest BCUT2D eigenvalue weighted by Gasteiger charge is 2.57. The smallest absolute Gasteiger partial charge is 0.387 e. The molecule has 1 aromatic rings. The van der Waals surface area contributed by atoms with Crippen LogP contribution in [0.4, 0.5) is 14.6 Å². The van der Waals surface area contributed by atoms with Crippen LogP contribution in [-0.2, 0) is 31.6 Å². The van der Waals surface area contributed by atoms with Crippen molar-refractivity contribution < 1.29 is 65.0 Å². The first kappa shape index (κ1) is 26.5. The zero-order valence-electron chi connectivity index (χ0n) is 14.9. The number of ether oxygens (including phenoxy) is 1. The first-order chi connectivity index (χ1) is 14.0. The lowest BCUT2D eigenvalue weighted by Gasteiger charge is -2.29. The highest BCUT2D eigenvalue weighted by molar-refractivity contribution is 7.71. The van der Waals surface area contributed by atoms with Gasteiger partial charge in [0.05, 0.1) is 6.61 Å². The molecule has 2 heterocycles. The molecule has 0 amide bonds. The van der Waals surface area contributed by atoms with Crippen molar-refractivity contribution in [3.63, 3.8) is 0 Å². The van der Waals surface area contributed by atoms with Gasteiger partial charge >= 0.3 is 23.5 Å². The van der Waals surface area contributed by atoms with Crippen molar-refractivity contribution in [3.05, 3.63) is 17.0 Å². The molecule has 21 heteroatoms. The summed E-state index contributed by atoms with van der Waals surface area (Å²) in [4.78, 5) is 39.2. The van der Waals surface area contributed by atoms with Crippen molar-refractivity contribution in [1.82, 2.24) is 9.55 Å². The van der Waals surface area contributed by atoms with Crippen molar-refractivity contribution in [1.29, 1.82) is 0 Å². The lowest BCUT2D eigenvalue weighted by Crippen LogP contribution is -2.48. The largest absolute Gasteiger partial charge is 0.490 e. The van der Waals surface area contributed by atoms with E-state index in [-0.39, 0.29) is 10.6 Å². The number of hydrogen-bond acceptors (Lipinski definition) is 11. The lowest BCUT2D eigenvalue weighted by atomic mass is 9.98. The number of aromatic nitrogens is 2. The van der Waals surface area contributed by atoms with Gasteiger partial charge in [-0.1, -0.05) is 0 Å². The van der Waals surface area contributed by atoms with Crippen LogP contribution >= 0.6 is 35.7 Å². The molecule has 7 N–H and O–H groups in total. The van der Waals surface area contributed by atoms with Crippen molar-refractivity contribution in [3.8, 4) is 0 Å². The molecule has 0 aliphatic carbocycles. The fraction of sp³-hybridized carbons (Fsp3) is 0.600. The van der Waals surface area contributed by atoms with Gasteiger partial charge in [-0.3, -0.25) is 9.09 Å². The Balaban J connectivity index is 2.20. The van der Waals surface area contributed by atoms with Gasteiger partial charge < -0.3 is 35.2 Å². The van der Waals surface area contributed by atoms with Crippen LogP contribution in [0.3, 0.4) is 0 Å². The monoisotopic (exact) mass is 533 g/mol. The summed E-state index contributed by atoms with van der Waals surface area (Å²) < 4.78 is 79.1. The number of halogens is 2. The Bertz CT molecular complexity index is 1020. The van der Waals surface area contributed by atoms with E-state index in [9.17, 15) is 32.5 Å². The average Bonchev–Trinajstić information content (AvgIpc) is 2.82. The normalized spacial score (nSPS) is 30.6. The first-order valence-electron chi connectivity index (χ1n) is 7.70. The highest BCUT2D eigenvalue weighted by atomic mass is 32.1. The van der Waals surface area contributed by atoms with E-state index in [4.69, 9.17) is 37.4 Å². The van der Waals surface area contributed by atoms with Crippen LogP contribution in [0, 0.1) is 4.77 Å². The van der Waals surface area contributed by atoms with Crippen LogP contribution in [0.25, 0.3) is 0 Å². The SMILES string of the molecule is Nc1ccn([C@@H]2O[C@](CF)(COP(=O)(O)OP(=O)(O)OP(=O)(O)O)C(O)[C@@H]2F)c(=S)n1. The molecular weight excluding hydrogens is 517 g/mol. The van der Waals surface area contributed by atoms with Gasteiger partial charge in [-0.25, -0.2) is 27.5 Å². The minimum Gasteiger partial charge on any atom is -0.387 e. The van der Waals surface area contributed by atoms with E-state index < -0.39 is 60.9 Å². The van der Waals surface area contributed by atoms with Crippen LogP contribution in [0.15, 0.2) is 12.3 Å². The zero-order valence-corrected chi connectivity index (χ0v) is 18.4. The Labute approximate surface area is 176 Å². The average molecular weight is 533 g/mol. The van der Waals surface area contributed by atoms with Crippen LogP contribution in [0.5, 0.6) is 0 Å². The molecule has 2 rings (SSSR count). The Morgan fingerprint density at radius 1 is 1.26 bits per heavy atom. The zero-order chi connectivity index (χ0) is 23.8. The van der Waals surface area contributed by atoms with Crippen molar-refractivity contribution >= 4 is 41.5 Å². The number of phosphoric ester groups is 1. The number of hydrogen-bond donors (Lipinski definition) is 6. The van der Waals surface area contributed by atoms with Gasteiger partial charge in [-0.15, -0.1) is 0 Å². The molecule has 1 aliphatic heterocycles. The first-order valence-corrected chi connectivity index (χ1v) is 12.6. The molecule has 0 saturated carbocycles. The quantitative estimate of drug-likeness (QED) is 0.187. The Morgan fingerprint density at radius 3 is 2.39 bits per heavy atom. The Morgan fingerprint density at radius 2 is 1.87 bits per heavy atom. The van der Waals surface area contributed by atoms with Crippen LogP contribution < -0.4 is 5.73 Å². The van der Waals surface area contributed by atoms with Gasteiger partial charge in [0.15, 0.2) is 18.0 Å². The number of rotatable bonds is 9. The second-order valence-corrected chi connectivity index (χ2v) is 10.8. The molecule has 3 unspecified atom stereocenters. The maximum absolute atomic E-state index is 14.6. The molecule has 0 bridgehead atoms. The van der Waals surface area contributed by atoms with Gasteiger partial charge in [0.1, 0.15) is 18.6 Å². The minimum atomic E-state index is -5.84. The predicted octanol–water partition coefficient (Wildman–Crippen LogP) is 0.474. The van der Waals surface area contributed by atoms with E-state index >= 15 is 0 Å². The summed E-state index contributed by atoms with van der Waals surface area (Å²) in [5.74, 6) is -0.0281. The van der Waals surface area contributed by atoms with Crippen molar-refractivity contribution in [2.45, 2.75) is 24.1 Å². The fourth-order valence-corrected chi connectivity index (χ4v) is 5.76. The summed E-state index contributed by atoms with van der Waals surface area (Å²) in [5, 5.41) is 10.1. The summed E-state index contributed by atoms with van der Waals surface area (Å²) >= 11 is 4.88. The van der Waals surface area contributed by atoms with Gasteiger partial charge in [0.25, 0.3) is 0 Å². The van der Waals surface area contributed by atoms with E-state index in [2.05, 4.69) is 18.1 Å². The van der Waals surface area contributed by atoms with E-state index in [0.29, 0.717) is 0 Å². The minimum absolute atomic E-state index is 0.0281. The van der Waals surface area contributed by atoms with Gasteiger partial charge in [-0.2, -0.15) is 8.62 Å². The van der Waals surface area contributed by atoms with E-state index in [1.807, 2.05) is 0 Å². The van der Waals surface area contributed by atoms with Crippen LogP contribution in [0.2, 0.25) is 0 Å². The maximum Gasteiger partial charge on any atom is 0.490 e. The Kier molecular flexibility index (Phi) is 7.94. The summed E-state index contributed by atoms with van der Waals surface area (Å²) in [6.07, 6.45) is -5.28. The molecular formula is C10H16F2N3O12P3S. The summed E-state index contributed by atoms with van der Waals surface area (Å²) in [6.45, 7) is -3.10.